The lowest BCUT2D eigenvalue weighted by Crippen LogP contribution is -2.50. The molecule has 1 heterocycles. The van der Waals surface area contributed by atoms with Crippen LogP contribution in [0.4, 0.5) is 0 Å². The molecule has 7 nitrogen and oxygen atoms in total. The van der Waals surface area contributed by atoms with Gasteiger partial charge in [0.05, 0.1) is 25.5 Å². The van der Waals surface area contributed by atoms with Gasteiger partial charge in [-0.2, -0.15) is 0 Å². The van der Waals surface area contributed by atoms with Crippen molar-refractivity contribution < 1.29 is 23.5 Å². The summed E-state index contributed by atoms with van der Waals surface area (Å²) < 4.78 is 16.8. The molecule has 2 atom stereocenters. The van der Waals surface area contributed by atoms with Crippen LogP contribution in [0.5, 0.6) is 11.5 Å². The predicted octanol–water partition coefficient (Wildman–Crippen LogP) is 4.49. The van der Waals surface area contributed by atoms with E-state index in [-0.39, 0.29) is 23.6 Å². The highest BCUT2D eigenvalue weighted by Crippen LogP contribution is 2.31. The Balaban J connectivity index is 2.10. The first-order valence-corrected chi connectivity index (χ1v) is 10.9. The van der Waals surface area contributed by atoms with Gasteiger partial charge in [0, 0.05) is 0 Å². The van der Waals surface area contributed by atoms with Gasteiger partial charge in [-0.25, -0.2) is 0 Å². The maximum Gasteiger partial charge on any atom is 0.287 e. The zero-order chi connectivity index (χ0) is 22.8. The van der Waals surface area contributed by atoms with Gasteiger partial charge in [-0.1, -0.05) is 33.8 Å². The number of amides is 2. The van der Waals surface area contributed by atoms with Crippen LogP contribution >= 0.6 is 0 Å². The highest BCUT2D eigenvalue weighted by atomic mass is 16.5. The normalized spacial score (nSPS) is 12.8. The number of hydrogen-bond donors (Lipinski definition) is 2. The number of rotatable bonds is 12. The van der Waals surface area contributed by atoms with E-state index in [1.807, 2.05) is 52.8 Å². The van der Waals surface area contributed by atoms with E-state index in [1.54, 1.807) is 12.1 Å². The van der Waals surface area contributed by atoms with E-state index in [2.05, 4.69) is 10.6 Å². The molecule has 31 heavy (non-hydrogen) atoms. The summed E-state index contributed by atoms with van der Waals surface area (Å²) in [6.45, 7) is 11.0. The third kappa shape index (κ3) is 7.05. The van der Waals surface area contributed by atoms with E-state index in [0.29, 0.717) is 24.7 Å². The molecule has 2 aromatic rings. The van der Waals surface area contributed by atoms with E-state index in [9.17, 15) is 9.59 Å². The molecule has 2 N–H and O–H groups in total. The first-order valence-electron chi connectivity index (χ1n) is 10.9. The summed E-state index contributed by atoms with van der Waals surface area (Å²) in [5.74, 6) is 0.763. The summed E-state index contributed by atoms with van der Waals surface area (Å²) in [6, 6.07) is 7.91. The van der Waals surface area contributed by atoms with Crippen molar-refractivity contribution in [3.05, 3.63) is 47.9 Å². The van der Waals surface area contributed by atoms with E-state index in [4.69, 9.17) is 13.9 Å². The molecule has 1 unspecified atom stereocenters. The molecule has 0 radical (unpaired) electrons. The van der Waals surface area contributed by atoms with E-state index in [0.717, 1.165) is 18.4 Å². The second-order valence-electron chi connectivity index (χ2n) is 7.81. The molecule has 0 bridgehead atoms. The summed E-state index contributed by atoms with van der Waals surface area (Å²) in [4.78, 5) is 25.3. The minimum atomic E-state index is -0.692. The van der Waals surface area contributed by atoms with Crippen molar-refractivity contribution in [2.75, 3.05) is 13.2 Å². The van der Waals surface area contributed by atoms with Gasteiger partial charge < -0.3 is 24.5 Å². The Labute approximate surface area is 184 Å². The monoisotopic (exact) mass is 430 g/mol. The van der Waals surface area contributed by atoms with E-state index >= 15 is 0 Å². The Morgan fingerprint density at radius 3 is 2.23 bits per heavy atom. The van der Waals surface area contributed by atoms with Crippen LogP contribution in [0.1, 0.15) is 69.6 Å². The van der Waals surface area contributed by atoms with Crippen LogP contribution < -0.4 is 20.1 Å². The second kappa shape index (κ2) is 12.0. The summed E-state index contributed by atoms with van der Waals surface area (Å²) in [7, 11) is 0. The van der Waals surface area contributed by atoms with Gasteiger partial charge in [-0.3, -0.25) is 9.59 Å². The van der Waals surface area contributed by atoms with E-state index in [1.165, 1.54) is 6.26 Å². The SMILES string of the molecule is CCCOc1ccc(C(C)NC(=O)[C@@H](NC(=O)c2ccco2)C(C)C)cc1OCCC. The van der Waals surface area contributed by atoms with Crippen molar-refractivity contribution in [2.24, 2.45) is 5.92 Å². The molecule has 0 aliphatic carbocycles. The van der Waals surface area contributed by atoms with Crippen molar-refractivity contribution in [2.45, 2.75) is 59.5 Å². The molecule has 170 valence electrons. The zero-order valence-corrected chi connectivity index (χ0v) is 19.1. The van der Waals surface area contributed by atoms with Gasteiger partial charge in [-0.05, 0) is 55.5 Å². The number of ether oxygens (including phenoxy) is 2. The Hall–Kier alpha value is -2.96. The Morgan fingerprint density at radius 2 is 1.65 bits per heavy atom. The average molecular weight is 431 g/mol. The standard InChI is InChI=1S/C24H34N2O5/c1-6-12-29-19-11-10-18(15-21(19)30-13-7-2)17(5)25-24(28)22(16(3)4)26-23(27)20-9-8-14-31-20/h8-11,14-17,22H,6-7,12-13H2,1-5H3,(H,25,28)(H,26,27)/t17?,22-/m0/s1. The molecule has 2 rings (SSSR count). The van der Waals surface area contributed by atoms with Crippen LogP contribution in [0, 0.1) is 5.92 Å². The second-order valence-corrected chi connectivity index (χ2v) is 7.81. The van der Waals surface area contributed by atoms with Gasteiger partial charge in [0.1, 0.15) is 6.04 Å². The fourth-order valence-corrected chi connectivity index (χ4v) is 2.99. The van der Waals surface area contributed by atoms with Crippen LogP contribution in [-0.4, -0.2) is 31.1 Å². The molecule has 0 aliphatic rings. The summed E-state index contributed by atoms with van der Waals surface area (Å²) in [5, 5.41) is 5.75. The third-order valence-electron chi connectivity index (χ3n) is 4.73. The van der Waals surface area contributed by atoms with E-state index < -0.39 is 11.9 Å². The van der Waals surface area contributed by atoms with Gasteiger partial charge >= 0.3 is 0 Å². The quantitative estimate of drug-likeness (QED) is 0.518. The van der Waals surface area contributed by atoms with Crippen molar-refractivity contribution in [3.8, 4) is 11.5 Å². The lowest BCUT2D eigenvalue weighted by molar-refractivity contribution is -0.124. The van der Waals surface area contributed by atoms with Gasteiger partial charge in [-0.15, -0.1) is 0 Å². The molecule has 0 saturated carbocycles. The molecule has 1 aromatic carbocycles. The van der Waals surface area contributed by atoms with Gasteiger partial charge in [0.25, 0.3) is 5.91 Å². The van der Waals surface area contributed by atoms with Crippen molar-refractivity contribution in [3.63, 3.8) is 0 Å². The fraction of sp³-hybridized carbons (Fsp3) is 0.500. The fourth-order valence-electron chi connectivity index (χ4n) is 2.99. The average Bonchev–Trinajstić information content (AvgIpc) is 3.29. The molecule has 2 amide bonds. The Bertz CT molecular complexity index is 833. The minimum absolute atomic E-state index is 0.0978. The highest BCUT2D eigenvalue weighted by molar-refractivity contribution is 5.95. The van der Waals surface area contributed by atoms with Crippen molar-refractivity contribution in [1.82, 2.24) is 10.6 Å². The van der Waals surface area contributed by atoms with Gasteiger partial charge in [0.15, 0.2) is 17.3 Å². The third-order valence-corrected chi connectivity index (χ3v) is 4.73. The number of furan rings is 1. The number of carbonyl (C=O) groups excluding carboxylic acids is 2. The van der Waals surface area contributed by atoms with Crippen molar-refractivity contribution in [1.29, 1.82) is 0 Å². The maximum atomic E-state index is 12.9. The predicted molar refractivity (Wildman–Crippen MR) is 119 cm³/mol. The van der Waals surface area contributed by atoms with Crippen LogP contribution in [-0.2, 0) is 4.79 Å². The van der Waals surface area contributed by atoms with Gasteiger partial charge in [0.2, 0.25) is 5.91 Å². The van der Waals surface area contributed by atoms with Crippen molar-refractivity contribution >= 4 is 11.8 Å². The molecular formula is C24H34N2O5. The molecule has 0 spiro atoms. The molecule has 1 aromatic heterocycles. The molecule has 0 saturated heterocycles. The first kappa shape index (κ1) is 24.3. The van der Waals surface area contributed by atoms with Crippen LogP contribution in [0.25, 0.3) is 0 Å². The number of benzene rings is 1. The van der Waals surface area contributed by atoms with Crippen LogP contribution in [0.3, 0.4) is 0 Å². The molecule has 0 fully saturated rings. The Morgan fingerprint density at radius 1 is 0.968 bits per heavy atom. The Kier molecular flexibility index (Phi) is 9.43. The van der Waals surface area contributed by atoms with Crippen LogP contribution in [0.2, 0.25) is 0 Å². The number of carbonyl (C=O) groups is 2. The minimum Gasteiger partial charge on any atom is -0.490 e. The smallest absolute Gasteiger partial charge is 0.287 e. The highest BCUT2D eigenvalue weighted by Gasteiger charge is 2.27. The summed E-state index contributed by atoms with van der Waals surface area (Å²) in [5.41, 5.74) is 0.892. The molecule has 0 aliphatic heterocycles. The first-order chi connectivity index (χ1) is 14.9. The zero-order valence-electron chi connectivity index (χ0n) is 19.1. The lowest BCUT2D eigenvalue weighted by atomic mass is 10.0. The number of nitrogens with one attached hydrogen (secondary N) is 2. The largest absolute Gasteiger partial charge is 0.490 e. The summed E-state index contributed by atoms with van der Waals surface area (Å²) in [6.07, 6.45) is 3.21. The topological polar surface area (TPSA) is 89.8 Å². The summed E-state index contributed by atoms with van der Waals surface area (Å²) >= 11 is 0. The maximum absolute atomic E-state index is 12.9. The van der Waals surface area contributed by atoms with Crippen LogP contribution in [0.15, 0.2) is 41.0 Å². The lowest BCUT2D eigenvalue weighted by Gasteiger charge is -2.24. The molecule has 7 heteroatoms. The number of hydrogen-bond acceptors (Lipinski definition) is 5. The molecular weight excluding hydrogens is 396 g/mol.